The summed E-state index contributed by atoms with van der Waals surface area (Å²) in [7, 11) is 3.10. The van der Waals surface area contributed by atoms with Gasteiger partial charge in [-0.15, -0.1) is 0 Å². The quantitative estimate of drug-likeness (QED) is 0.516. The SMILES string of the molecule is CCOC(=O)CC(=Nc1ncc(Br)cn1)c1ccc(OC)c(OC)c1. The number of methoxy groups -OCH3 is 2. The van der Waals surface area contributed by atoms with E-state index in [4.69, 9.17) is 14.2 Å². The molecule has 0 atom stereocenters. The van der Waals surface area contributed by atoms with Crippen molar-refractivity contribution in [3.8, 4) is 11.5 Å². The van der Waals surface area contributed by atoms with E-state index in [1.807, 2.05) is 0 Å². The smallest absolute Gasteiger partial charge is 0.311 e. The van der Waals surface area contributed by atoms with Crippen molar-refractivity contribution in [3.63, 3.8) is 0 Å². The van der Waals surface area contributed by atoms with Crippen LogP contribution in [0.1, 0.15) is 18.9 Å². The summed E-state index contributed by atoms with van der Waals surface area (Å²) in [6.45, 7) is 2.05. The summed E-state index contributed by atoms with van der Waals surface area (Å²) in [5, 5.41) is 0. The standard InChI is InChI=1S/C17H18BrN3O4/c1-4-25-16(22)8-13(21-17-19-9-12(18)10-20-17)11-5-6-14(23-2)15(7-11)24-3/h5-7,9-10H,4,8H2,1-3H3. The van der Waals surface area contributed by atoms with Crippen LogP contribution in [0.4, 0.5) is 5.95 Å². The number of ether oxygens (including phenoxy) is 3. The van der Waals surface area contributed by atoms with Gasteiger partial charge in [0.05, 0.1) is 37.4 Å². The summed E-state index contributed by atoms with van der Waals surface area (Å²) in [5.41, 5.74) is 1.17. The molecule has 0 fully saturated rings. The Morgan fingerprint density at radius 2 is 1.84 bits per heavy atom. The van der Waals surface area contributed by atoms with Gasteiger partial charge in [0.15, 0.2) is 11.5 Å². The highest BCUT2D eigenvalue weighted by molar-refractivity contribution is 9.10. The number of rotatable bonds is 7. The third-order valence-electron chi connectivity index (χ3n) is 3.18. The van der Waals surface area contributed by atoms with Crippen molar-refractivity contribution < 1.29 is 19.0 Å². The van der Waals surface area contributed by atoms with Crippen LogP contribution >= 0.6 is 15.9 Å². The van der Waals surface area contributed by atoms with Gasteiger partial charge in [0.1, 0.15) is 0 Å². The number of hydrogen-bond acceptors (Lipinski definition) is 7. The number of benzene rings is 1. The van der Waals surface area contributed by atoms with E-state index in [1.54, 1.807) is 51.7 Å². The topological polar surface area (TPSA) is 82.9 Å². The molecule has 1 heterocycles. The molecular formula is C17H18BrN3O4. The van der Waals surface area contributed by atoms with Crippen LogP contribution in [0, 0.1) is 0 Å². The van der Waals surface area contributed by atoms with Crippen LogP contribution in [0.2, 0.25) is 0 Å². The Labute approximate surface area is 154 Å². The van der Waals surface area contributed by atoms with Gasteiger partial charge in [0, 0.05) is 18.0 Å². The van der Waals surface area contributed by atoms with E-state index in [-0.39, 0.29) is 18.3 Å². The fraction of sp³-hybridized carbons (Fsp3) is 0.294. The summed E-state index contributed by atoms with van der Waals surface area (Å²) in [5.74, 6) is 0.986. The maximum atomic E-state index is 11.9. The molecule has 0 bridgehead atoms. The summed E-state index contributed by atoms with van der Waals surface area (Å²) in [4.78, 5) is 24.6. The number of aliphatic imine (C=N–C) groups is 1. The lowest BCUT2D eigenvalue weighted by atomic mass is 10.1. The lowest BCUT2D eigenvalue weighted by Gasteiger charge is -2.11. The molecular weight excluding hydrogens is 390 g/mol. The second-order valence-electron chi connectivity index (χ2n) is 4.81. The van der Waals surface area contributed by atoms with Crippen molar-refractivity contribution in [1.29, 1.82) is 0 Å². The largest absolute Gasteiger partial charge is 0.493 e. The van der Waals surface area contributed by atoms with E-state index < -0.39 is 0 Å². The molecule has 0 saturated carbocycles. The number of halogens is 1. The molecule has 1 aromatic heterocycles. The molecule has 0 radical (unpaired) electrons. The fourth-order valence-corrected chi connectivity index (χ4v) is 2.26. The summed E-state index contributed by atoms with van der Waals surface area (Å²) < 4.78 is 16.3. The molecule has 7 nitrogen and oxygen atoms in total. The van der Waals surface area contributed by atoms with Crippen LogP contribution in [0.25, 0.3) is 0 Å². The first-order chi connectivity index (χ1) is 12.1. The van der Waals surface area contributed by atoms with Gasteiger partial charge in [0.2, 0.25) is 5.95 Å². The van der Waals surface area contributed by atoms with Crippen LogP contribution in [-0.2, 0) is 9.53 Å². The lowest BCUT2D eigenvalue weighted by molar-refractivity contribution is -0.141. The molecule has 1 aromatic carbocycles. The molecule has 0 aliphatic carbocycles. The fourth-order valence-electron chi connectivity index (χ4n) is 2.05. The van der Waals surface area contributed by atoms with Crippen LogP contribution in [0.3, 0.4) is 0 Å². The molecule has 0 aliphatic rings. The molecule has 0 N–H and O–H groups in total. The Balaban J connectivity index is 2.43. The molecule has 25 heavy (non-hydrogen) atoms. The van der Waals surface area contributed by atoms with E-state index in [9.17, 15) is 4.79 Å². The highest BCUT2D eigenvalue weighted by Crippen LogP contribution is 2.28. The predicted octanol–water partition coefficient (Wildman–Crippen LogP) is 3.33. The van der Waals surface area contributed by atoms with Crippen LogP contribution in [0.5, 0.6) is 11.5 Å². The second kappa shape index (κ2) is 9.12. The van der Waals surface area contributed by atoms with Gasteiger partial charge in [-0.2, -0.15) is 0 Å². The molecule has 2 aromatic rings. The molecule has 0 saturated heterocycles. The maximum Gasteiger partial charge on any atom is 0.311 e. The maximum absolute atomic E-state index is 11.9. The first-order valence-electron chi connectivity index (χ1n) is 7.50. The highest BCUT2D eigenvalue weighted by atomic mass is 79.9. The Morgan fingerprint density at radius 1 is 1.16 bits per heavy atom. The first-order valence-corrected chi connectivity index (χ1v) is 8.29. The van der Waals surface area contributed by atoms with E-state index >= 15 is 0 Å². The zero-order valence-corrected chi connectivity index (χ0v) is 15.7. The Morgan fingerprint density at radius 3 is 2.44 bits per heavy atom. The molecule has 2 rings (SSSR count). The van der Waals surface area contributed by atoms with Gasteiger partial charge in [-0.05, 0) is 41.1 Å². The number of hydrogen-bond donors (Lipinski definition) is 0. The average molecular weight is 408 g/mol. The Hall–Kier alpha value is -2.48. The van der Waals surface area contributed by atoms with Gasteiger partial charge < -0.3 is 14.2 Å². The predicted molar refractivity (Wildman–Crippen MR) is 96.7 cm³/mol. The Kier molecular flexibility index (Phi) is 6.88. The Bertz CT molecular complexity index is 763. The first kappa shape index (κ1) is 18.9. The molecule has 8 heteroatoms. The number of carbonyl (C=O) groups excluding carboxylic acids is 1. The summed E-state index contributed by atoms with van der Waals surface area (Å²) in [6.07, 6.45) is 3.16. The molecule has 0 spiro atoms. The average Bonchev–Trinajstić information content (AvgIpc) is 2.62. The van der Waals surface area contributed by atoms with Crippen LogP contribution in [-0.4, -0.2) is 42.5 Å². The summed E-state index contributed by atoms with van der Waals surface area (Å²) in [6, 6.07) is 5.28. The van der Waals surface area contributed by atoms with E-state index in [0.717, 1.165) is 4.47 Å². The number of carbonyl (C=O) groups is 1. The zero-order chi connectivity index (χ0) is 18.2. The van der Waals surface area contributed by atoms with Crippen molar-refractivity contribution in [2.24, 2.45) is 4.99 Å². The van der Waals surface area contributed by atoms with Crippen LogP contribution in [0.15, 0.2) is 40.1 Å². The van der Waals surface area contributed by atoms with Gasteiger partial charge in [-0.3, -0.25) is 4.79 Å². The third-order valence-corrected chi connectivity index (χ3v) is 3.59. The van der Waals surface area contributed by atoms with Gasteiger partial charge in [0.25, 0.3) is 0 Å². The number of aromatic nitrogens is 2. The van der Waals surface area contributed by atoms with Gasteiger partial charge in [-0.1, -0.05) is 0 Å². The second-order valence-corrected chi connectivity index (χ2v) is 5.73. The van der Waals surface area contributed by atoms with Gasteiger partial charge >= 0.3 is 5.97 Å². The monoisotopic (exact) mass is 407 g/mol. The van der Waals surface area contributed by atoms with Crippen LogP contribution < -0.4 is 9.47 Å². The van der Waals surface area contributed by atoms with Crippen molar-refractivity contribution >= 4 is 33.6 Å². The van der Waals surface area contributed by atoms with E-state index in [1.165, 1.54) is 0 Å². The molecule has 0 aliphatic heterocycles. The van der Waals surface area contributed by atoms with E-state index in [2.05, 4.69) is 30.9 Å². The number of nitrogens with zero attached hydrogens (tertiary/aromatic N) is 3. The van der Waals surface area contributed by atoms with Gasteiger partial charge in [-0.25, -0.2) is 15.0 Å². The van der Waals surface area contributed by atoms with E-state index in [0.29, 0.717) is 29.4 Å². The summed E-state index contributed by atoms with van der Waals surface area (Å²) >= 11 is 3.27. The highest BCUT2D eigenvalue weighted by Gasteiger charge is 2.15. The van der Waals surface area contributed by atoms with Crippen molar-refractivity contribution in [2.75, 3.05) is 20.8 Å². The third kappa shape index (κ3) is 5.25. The normalized spacial score (nSPS) is 11.1. The van der Waals surface area contributed by atoms with Crippen molar-refractivity contribution in [1.82, 2.24) is 9.97 Å². The van der Waals surface area contributed by atoms with Crippen molar-refractivity contribution in [2.45, 2.75) is 13.3 Å². The minimum absolute atomic E-state index is 0.0112. The molecule has 132 valence electrons. The van der Waals surface area contributed by atoms with Crippen molar-refractivity contribution in [3.05, 3.63) is 40.6 Å². The lowest BCUT2D eigenvalue weighted by Crippen LogP contribution is -2.13. The molecule has 0 amide bonds. The zero-order valence-electron chi connectivity index (χ0n) is 14.2. The number of esters is 1. The minimum Gasteiger partial charge on any atom is -0.493 e. The molecule has 0 unspecified atom stereocenters. The minimum atomic E-state index is -0.381.